The molecule has 8 heteroatoms. The van der Waals surface area contributed by atoms with Crippen LogP contribution in [0.3, 0.4) is 0 Å². The summed E-state index contributed by atoms with van der Waals surface area (Å²) in [4.78, 5) is 16.7. The number of H-pyrrole nitrogens is 1. The molecule has 0 spiro atoms. The van der Waals surface area contributed by atoms with Gasteiger partial charge in [-0.25, -0.2) is 0 Å². The number of aromatic nitrogens is 1. The Morgan fingerprint density at radius 3 is 2.71 bits per heavy atom. The predicted molar refractivity (Wildman–Crippen MR) is 87.1 cm³/mol. The van der Waals surface area contributed by atoms with Crippen molar-refractivity contribution in [1.29, 1.82) is 0 Å². The topological polar surface area (TPSA) is 54.6 Å². The van der Waals surface area contributed by atoms with Gasteiger partial charge in [-0.1, -0.05) is 18.3 Å². The molecular weight excluding hydrogens is 338 g/mol. The average molecular weight is 354 g/mol. The molecule has 0 radical (unpaired) electrons. The van der Waals surface area contributed by atoms with E-state index in [1.54, 1.807) is 37.5 Å². The van der Waals surface area contributed by atoms with Crippen LogP contribution in [0.25, 0.3) is 0 Å². The highest BCUT2D eigenvalue weighted by molar-refractivity contribution is 7.71. The summed E-state index contributed by atoms with van der Waals surface area (Å²) in [6, 6.07) is 7.85. The summed E-state index contributed by atoms with van der Waals surface area (Å²) < 4.78 is 34.4. The van der Waals surface area contributed by atoms with Gasteiger partial charge in [-0.2, -0.15) is 8.78 Å². The van der Waals surface area contributed by atoms with E-state index in [9.17, 15) is 13.6 Å². The maximum atomic E-state index is 12.4. The molecule has 0 aliphatic heterocycles. The first kappa shape index (κ1) is 17.9. The number of amides is 1. The summed E-state index contributed by atoms with van der Waals surface area (Å²) in [6.07, 6.45) is 1.64. The van der Waals surface area contributed by atoms with E-state index in [-0.39, 0.29) is 24.0 Å². The maximum absolute atomic E-state index is 12.4. The molecule has 1 N–H and O–H groups in total. The fourth-order valence-electron chi connectivity index (χ4n) is 2.14. The first-order valence-corrected chi connectivity index (χ1v) is 7.38. The van der Waals surface area contributed by atoms with Crippen molar-refractivity contribution >= 4 is 18.1 Å². The highest BCUT2D eigenvalue weighted by Gasteiger charge is 2.16. The highest BCUT2D eigenvalue weighted by Crippen LogP contribution is 2.29. The molecule has 0 saturated heterocycles. The van der Waals surface area contributed by atoms with Gasteiger partial charge in [0.05, 0.1) is 12.7 Å². The quantitative estimate of drug-likeness (QED) is 0.805. The Balaban J connectivity index is 2.17. The zero-order valence-electron chi connectivity index (χ0n) is 13.1. The van der Waals surface area contributed by atoms with Crippen molar-refractivity contribution < 1.29 is 23.0 Å². The number of nitrogens with zero attached hydrogens (tertiary/aromatic N) is 1. The first-order chi connectivity index (χ1) is 11.4. The van der Waals surface area contributed by atoms with E-state index < -0.39 is 6.61 Å². The number of carbonyl (C=O) groups is 1. The molecule has 1 aromatic carbocycles. The lowest BCUT2D eigenvalue weighted by Gasteiger charge is -2.18. The molecule has 0 aliphatic rings. The van der Waals surface area contributed by atoms with Crippen LogP contribution in [-0.4, -0.2) is 36.6 Å². The molecule has 5 nitrogen and oxygen atoms in total. The van der Waals surface area contributed by atoms with Gasteiger partial charge in [-0.05, 0) is 29.8 Å². The lowest BCUT2D eigenvalue weighted by atomic mass is 10.1. The Labute approximate surface area is 142 Å². The molecule has 0 fully saturated rings. The zero-order chi connectivity index (χ0) is 17.7. The van der Waals surface area contributed by atoms with Crippen molar-refractivity contribution in [2.45, 2.75) is 13.2 Å². The van der Waals surface area contributed by atoms with Gasteiger partial charge in [0.15, 0.2) is 11.5 Å². The van der Waals surface area contributed by atoms with E-state index in [0.717, 1.165) is 0 Å². The molecule has 1 heterocycles. The van der Waals surface area contributed by atoms with Crippen LogP contribution in [0.2, 0.25) is 0 Å². The minimum absolute atomic E-state index is 0.0595. The summed E-state index contributed by atoms with van der Waals surface area (Å²) in [5, 5.41) is 0. The SMILES string of the molecule is COc1cc(CN(C)C(=O)c2ccc[nH]c2=S)ccc1OC(F)F. The Morgan fingerprint density at radius 2 is 2.08 bits per heavy atom. The number of benzene rings is 1. The number of rotatable bonds is 6. The van der Waals surface area contributed by atoms with E-state index >= 15 is 0 Å². The molecule has 128 valence electrons. The third-order valence-corrected chi connectivity index (χ3v) is 3.60. The van der Waals surface area contributed by atoms with Gasteiger partial charge >= 0.3 is 6.61 Å². The number of aromatic amines is 1. The molecule has 0 bridgehead atoms. The summed E-state index contributed by atoms with van der Waals surface area (Å²) in [5.74, 6) is -0.134. The first-order valence-electron chi connectivity index (χ1n) is 6.97. The van der Waals surface area contributed by atoms with Crippen molar-refractivity contribution in [2.75, 3.05) is 14.2 Å². The number of nitrogens with one attached hydrogen (secondary N) is 1. The second kappa shape index (κ2) is 7.87. The molecule has 1 amide bonds. The number of ether oxygens (including phenoxy) is 2. The van der Waals surface area contributed by atoms with Crippen LogP contribution in [0.15, 0.2) is 36.5 Å². The fourth-order valence-corrected chi connectivity index (χ4v) is 2.37. The summed E-state index contributed by atoms with van der Waals surface area (Å²) in [6.45, 7) is -2.68. The summed E-state index contributed by atoms with van der Waals surface area (Å²) in [7, 11) is 2.98. The Hall–Kier alpha value is -2.48. The van der Waals surface area contributed by atoms with E-state index in [4.69, 9.17) is 17.0 Å². The fraction of sp³-hybridized carbons (Fsp3) is 0.250. The van der Waals surface area contributed by atoms with Crippen molar-refractivity contribution in [3.05, 3.63) is 52.3 Å². The van der Waals surface area contributed by atoms with E-state index in [1.807, 2.05) is 0 Å². The van der Waals surface area contributed by atoms with E-state index in [2.05, 4.69) is 9.72 Å². The van der Waals surface area contributed by atoms with Crippen molar-refractivity contribution in [3.8, 4) is 11.5 Å². The number of methoxy groups -OCH3 is 1. The summed E-state index contributed by atoms with van der Waals surface area (Å²) >= 11 is 5.10. The number of halogens is 2. The van der Waals surface area contributed by atoms with Crippen LogP contribution in [0.5, 0.6) is 11.5 Å². The van der Waals surface area contributed by atoms with Gasteiger partial charge in [-0.3, -0.25) is 4.79 Å². The normalized spacial score (nSPS) is 10.5. The lowest BCUT2D eigenvalue weighted by Crippen LogP contribution is -2.26. The molecule has 24 heavy (non-hydrogen) atoms. The monoisotopic (exact) mass is 354 g/mol. The molecule has 0 saturated carbocycles. The standard InChI is InChI=1S/C16H16F2N2O3S/c1-20(15(21)11-4-3-7-19-14(11)24)9-10-5-6-12(23-16(17)18)13(8-10)22-2/h3-8,16H,9H2,1-2H3,(H,19,24). The second-order valence-electron chi connectivity index (χ2n) is 4.94. The van der Waals surface area contributed by atoms with Crippen molar-refractivity contribution in [3.63, 3.8) is 0 Å². The lowest BCUT2D eigenvalue weighted by molar-refractivity contribution is -0.0512. The Bertz CT molecular complexity index is 780. The third kappa shape index (κ3) is 4.29. The van der Waals surface area contributed by atoms with E-state index in [0.29, 0.717) is 15.8 Å². The molecule has 2 rings (SSSR count). The Kier molecular flexibility index (Phi) is 5.86. The van der Waals surface area contributed by atoms with Crippen molar-refractivity contribution in [1.82, 2.24) is 9.88 Å². The van der Waals surface area contributed by atoms with Gasteiger partial charge in [0.1, 0.15) is 4.64 Å². The smallest absolute Gasteiger partial charge is 0.387 e. The van der Waals surface area contributed by atoms with Crippen molar-refractivity contribution in [2.24, 2.45) is 0 Å². The molecular formula is C16H16F2N2O3S. The van der Waals surface area contributed by atoms with E-state index in [1.165, 1.54) is 18.1 Å². The number of alkyl halides is 2. The van der Waals surface area contributed by atoms with Gasteiger partial charge in [0, 0.05) is 19.8 Å². The molecule has 0 unspecified atom stereocenters. The molecule has 2 aromatic rings. The number of hydrogen-bond acceptors (Lipinski definition) is 4. The zero-order valence-corrected chi connectivity index (χ0v) is 13.9. The Morgan fingerprint density at radius 1 is 1.33 bits per heavy atom. The van der Waals surface area contributed by atoms with Crippen LogP contribution in [0.4, 0.5) is 8.78 Å². The largest absolute Gasteiger partial charge is 0.493 e. The minimum Gasteiger partial charge on any atom is -0.493 e. The summed E-state index contributed by atoms with van der Waals surface area (Å²) in [5.41, 5.74) is 1.09. The molecule has 1 aromatic heterocycles. The minimum atomic E-state index is -2.94. The highest BCUT2D eigenvalue weighted by atomic mass is 32.1. The average Bonchev–Trinajstić information content (AvgIpc) is 2.55. The maximum Gasteiger partial charge on any atom is 0.387 e. The third-order valence-electron chi connectivity index (χ3n) is 3.26. The van der Waals surface area contributed by atoms with Gasteiger partial charge in [0.2, 0.25) is 0 Å². The molecule has 0 aliphatic carbocycles. The van der Waals surface area contributed by atoms with Gasteiger partial charge in [0.25, 0.3) is 5.91 Å². The second-order valence-corrected chi connectivity index (χ2v) is 5.35. The van der Waals surface area contributed by atoms with Gasteiger partial charge in [-0.15, -0.1) is 0 Å². The number of pyridine rings is 1. The van der Waals surface area contributed by atoms with Crippen LogP contribution in [-0.2, 0) is 6.54 Å². The number of hydrogen-bond donors (Lipinski definition) is 1. The van der Waals surface area contributed by atoms with Crippen LogP contribution >= 0.6 is 12.2 Å². The predicted octanol–water partition coefficient (Wildman–Crippen LogP) is 3.63. The van der Waals surface area contributed by atoms with Crippen LogP contribution < -0.4 is 9.47 Å². The van der Waals surface area contributed by atoms with Gasteiger partial charge < -0.3 is 19.4 Å². The van der Waals surface area contributed by atoms with Crippen LogP contribution in [0, 0.1) is 4.64 Å². The molecule has 0 atom stereocenters. The number of carbonyl (C=O) groups excluding carboxylic acids is 1. The van der Waals surface area contributed by atoms with Crippen LogP contribution in [0.1, 0.15) is 15.9 Å².